The van der Waals surface area contributed by atoms with Crippen molar-refractivity contribution in [3.05, 3.63) is 0 Å². The second-order valence-electron chi connectivity index (χ2n) is 3.97. The van der Waals surface area contributed by atoms with Crippen LogP contribution in [0.5, 0.6) is 0 Å². The third-order valence-corrected chi connectivity index (χ3v) is 5.55. The number of ether oxygens (including phenoxy) is 2. The molecule has 1 amide bonds. The van der Waals surface area contributed by atoms with Crippen molar-refractivity contribution >= 4 is 27.7 Å². The molecule has 1 unspecified atom stereocenters. The van der Waals surface area contributed by atoms with Crippen LogP contribution in [0.1, 0.15) is 25.7 Å². The number of unbranched alkanes of at least 4 members (excludes halogenated alkanes) is 1. The summed E-state index contributed by atoms with van der Waals surface area (Å²) in [4.78, 5) is 10.7. The highest BCUT2D eigenvalue weighted by atomic mass is 33.1. The number of hydrogen-bond acceptors (Lipinski definition) is 6. The maximum Gasteiger partial charge on any atom is 0.407 e. The minimum atomic E-state index is -0.436. The second kappa shape index (κ2) is 10.8. The first-order chi connectivity index (χ1) is 8.83. The number of methoxy groups -OCH3 is 1. The number of amides is 1. The lowest BCUT2D eigenvalue weighted by Gasteiger charge is -2.08. The summed E-state index contributed by atoms with van der Waals surface area (Å²) in [5, 5.41) is 6.31. The number of carbonyl (C=O) groups is 1. The van der Waals surface area contributed by atoms with Crippen molar-refractivity contribution in [1.82, 2.24) is 10.6 Å². The van der Waals surface area contributed by atoms with Crippen molar-refractivity contribution in [3.63, 3.8) is 0 Å². The zero-order valence-electron chi connectivity index (χ0n) is 10.8. The van der Waals surface area contributed by atoms with Crippen LogP contribution >= 0.6 is 21.6 Å². The summed E-state index contributed by atoms with van der Waals surface area (Å²) < 4.78 is 9.82. The number of alkyl carbamates (subject to hydrolysis) is 1. The molecule has 1 aliphatic rings. The van der Waals surface area contributed by atoms with Gasteiger partial charge in [0.1, 0.15) is 0 Å². The highest BCUT2D eigenvalue weighted by Gasteiger charge is 2.15. The zero-order valence-corrected chi connectivity index (χ0v) is 12.4. The van der Waals surface area contributed by atoms with Crippen molar-refractivity contribution in [2.75, 3.05) is 32.9 Å². The number of nitrogens with one attached hydrogen (secondary N) is 2. The number of hydrogen-bond donors (Lipinski definition) is 2. The van der Waals surface area contributed by atoms with Gasteiger partial charge in [0, 0.05) is 17.6 Å². The molecule has 2 N–H and O–H groups in total. The van der Waals surface area contributed by atoms with Crippen molar-refractivity contribution in [2.45, 2.75) is 30.9 Å². The van der Waals surface area contributed by atoms with Gasteiger partial charge in [-0.25, -0.2) is 4.79 Å². The predicted molar refractivity (Wildman–Crippen MR) is 76.7 cm³/mol. The van der Waals surface area contributed by atoms with E-state index >= 15 is 0 Å². The van der Waals surface area contributed by atoms with Gasteiger partial charge < -0.3 is 14.8 Å². The minimum absolute atomic E-state index is 0.364. The Bertz CT molecular complexity index is 226. The smallest absolute Gasteiger partial charge is 0.407 e. The molecule has 0 aromatic heterocycles. The third-order valence-electron chi connectivity index (χ3n) is 2.54. The topological polar surface area (TPSA) is 59.6 Å². The van der Waals surface area contributed by atoms with Gasteiger partial charge in [-0.2, -0.15) is 0 Å². The van der Waals surface area contributed by atoms with E-state index in [0.29, 0.717) is 13.4 Å². The molecule has 0 radical (unpaired) electrons. The lowest BCUT2D eigenvalue weighted by molar-refractivity contribution is 0.110. The molecule has 106 valence electrons. The van der Waals surface area contributed by atoms with E-state index in [9.17, 15) is 4.79 Å². The lowest BCUT2D eigenvalue weighted by Crippen LogP contribution is -2.34. The molecule has 1 rings (SSSR count). The van der Waals surface area contributed by atoms with Gasteiger partial charge in [-0.05, 0) is 19.3 Å². The molecule has 1 heterocycles. The van der Waals surface area contributed by atoms with Crippen LogP contribution in [0.25, 0.3) is 0 Å². The maximum absolute atomic E-state index is 10.7. The average molecular weight is 294 g/mol. The summed E-state index contributed by atoms with van der Waals surface area (Å²) in [5.41, 5.74) is 0. The third kappa shape index (κ3) is 8.07. The van der Waals surface area contributed by atoms with Crippen molar-refractivity contribution < 1.29 is 14.3 Å². The van der Waals surface area contributed by atoms with E-state index in [1.807, 2.05) is 21.6 Å². The molecule has 5 nitrogen and oxygen atoms in total. The molecule has 1 fully saturated rings. The van der Waals surface area contributed by atoms with Crippen LogP contribution in [0.4, 0.5) is 4.79 Å². The first-order valence-corrected chi connectivity index (χ1v) is 8.59. The Labute approximate surface area is 117 Å². The van der Waals surface area contributed by atoms with Gasteiger partial charge in [0.05, 0.1) is 20.5 Å². The fourth-order valence-corrected chi connectivity index (χ4v) is 4.57. The van der Waals surface area contributed by atoms with Gasteiger partial charge in [-0.3, -0.25) is 5.32 Å². The van der Waals surface area contributed by atoms with Crippen LogP contribution < -0.4 is 10.6 Å². The summed E-state index contributed by atoms with van der Waals surface area (Å²) >= 11 is 0. The van der Waals surface area contributed by atoms with Gasteiger partial charge in [0.25, 0.3) is 0 Å². The SMILES string of the molecule is COC(=O)NCNCOCCCCC1CCSS1. The molecule has 7 heteroatoms. The molecular weight excluding hydrogens is 272 g/mol. The molecule has 1 saturated heterocycles. The fourth-order valence-electron chi connectivity index (χ4n) is 1.54. The van der Waals surface area contributed by atoms with Crippen LogP contribution in [0.15, 0.2) is 0 Å². The molecular formula is C11H22N2O3S2. The van der Waals surface area contributed by atoms with Crippen LogP contribution in [0.2, 0.25) is 0 Å². The molecule has 1 atom stereocenters. The summed E-state index contributed by atoms with van der Waals surface area (Å²) in [6.07, 6.45) is 4.57. The largest absolute Gasteiger partial charge is 0.453 e. The molecule has 0 bridgehead atoms. The number of carbonyl (C=O) groups excluding carboxylic acids is 1. The Balaban J connectivity index is 1.74. The van der Waals surface area contributed by atoms with E-state index in [1.54, 1.807) is 0 Å². The molecule has 1 aliphatic heterocycles. The van der Waals surface area contributed by atoms with Gasteiger partial charge in [0.15, 0.2) is 0 Å². The normalized spacial score (nSPS) is 18.8. The van der Waals surface area contributed by atoms with Gasteiger partial charge in [-0.15, -0.1) is 0 Å². The van der Waals surface area contributed by atoms with Gasteiger partial charge in [-0.1, -0.05) is 28.0 Å². The lowest BCUT2D eigenvalue weighted by atomic mass is 10.1. The molecule has 18 heavy (non-hydrogen) atoms. The Morgan fingerprint density at radius 1 is 1.44 bits per heavy atom. The molecule has 0 spiro atoms. The first-order valence-electron chi connectivity index (χ1n) is 6.21. The van der Waals surface area contributed by atoms with Crippen LogP contribution in [-0.2, 0) is 9.47 Å². The molecule has 0 aromatic carbocycles. The van der Waals surface area contributed by atoms with E-state index in [-0.39, 0.29) is 0 Å². The van der Waals surface area contributed by atoms with Crippen LogP contribution in [0.3, 0.4) is 0 Å². The summed E-state index contributed by atoms with van der Waals surface area (Å²) in [5.74, 6) is 1.31. The number of rotatable bonds is 9. The summed E-state index contributed by atoms with van der Waals surface area (Å²) in [6, 6.07) is 0. The summed E-state index contributed by atoms with van der Waals surface area (Å²) in [6.45, 7) is 1.59. The highest BCUT2D eigenvalue weighted by molar-refractivity contribution is 8.77. The zero-order chi connectivity index (χ0) is 13.1. The van der Waals surface area contributed by atoms with E-state index in [1.165, 1.54) is 32.1 Å². The van der Waals surface area contributed by atoms with E-state index < -0.39 is 6.09 Å². The summed E-state index contributed by atoms with van der Waals surface area (Å²) in [7, 11) is 5.37. The van der Waals surface area contributed by atoms with Crippen molar-refractivity contribution in [2.24, 2.45) is 0 Å². The monoisotopic (exact) mass is 294 g/mol. The average Bonchev–Trinajstić information content (AvgIpc) is 2.89. The Kier molecular flexibility index (Phi) is 9.55. The van der Waals surface area contributed by atoms with Gasteiger partial charge >= 0.3 is 6.09 Å². The quantitative estimate of drug-likeness (QED) is 0.386. The minimum Gasteiger partial charge on any atom is -0.453 e. The van der Waals surface area contributed by atoms with Crippen molar-refractivity contribution in [3.8, 4) is 0 Å². The Morgan fingerprint density at radius 3 is 3.06 bits per heavy atom. The Morgan fingerprint density at radius 2 is 2.33 bits per heavy atom. The molecule has 0 aliphatic carbocycles. The van der Waals surface area contributed by atoms with Crippen molar-refractivity contribution in [1.29, 1.82) is 0 Å². The first kappa shape index (κ1) is 15.9. The molecule has 0 saturated carbocycles. The highest BCUT2D eigenvalue weighted by Crippen LogP contribution is 2.39. The fraction of sp³-hybridized carbons (Fsp3) is 0.909. The standard InChI is InChI=1S/C11H22N2O3S2/c1-15-11(14)13-8-12-9-16-6-3-2-4-10-5-7-17-18-10/h10,12H,2-9H2,1H3,(H,13,14). The van der Waals surface area contributed by atoms with Gasteiger partial charge in [0.2, 0.25) is 0 Å². The second-order valence-corrected chi connectivity index (χ2v) is 6.76. The Hall–Kier alpha value is -0.110. The molecule has 0 aromatic rings. The van der Waals surface area contributed by atoms with Crippen LogP contribution in [0, 0.1) is 0 Å². The van der Waals surface area contributed by atoms with E-state index in [0.717, 1.165) is 18.3 Å². The van der Waals surface area contributed by atoms with Crippen LogP contribution in [-0.4, -0.2) is 44.2 Å². The van der Waals surface area contributed by atoms with E-state index in [4.69, 9.17) is 4.74 Å². The predicted octanol–water partition coefficient (Wildman–Crippen LogP) is 2.19. The maximum atomic E-state index is 10.7. The van der Waals surface area contributed by atoms with E-state index in [2.05, 4.69) is 15.4 Å².